The first kappa shape index (κ1) is 17.3. The fourth-order valence-corrected chi connectivity index (χ4v) is 3.51. The van der Waals surface area contributed by atoms with E-state index < -0.39 is 0 Å². The number of hydrogen-bond acceptors (Lipinski definition) is 3. The van der Waals surface area contributed by atoms with Crippen molar-refractivity contribution in [1.29, 1.82) is 0 Å². The first-order valence-electron chi connectivity index (χ1n) is 8.64. The molecule has 0 saturated carbocycles. The third kappa shape index (κ3) is 4.22. The highest BCUT2D eigenvalue weighted by Gasteiger charge is 2.35. The second kappa shape index (κ2) is 7.95. The molecule has 2 fully saturated rings. The Morgan fingerprint density at radius 2 is 2.05 bits per heavy atom. The Morgan fingerprint density at radius 3 is 2.68 bits per heavy atom. The average Bonchev–Trinajstić information content (AvgIpc) is 2.52. The van der Waals surface area contributed by atoms with Crippen molar-refractivity contribution in [2.75, 3.05) is 26.7 Å². The lowest BCUT2D eigenvalue weighted by atomic mass is 9.97. The lowest BCUT2D eigenvalue weighted by Crippen LogP contribution is -2.55. The second-order valence-corrected chi connectivity index (χ2v) is 6.97. The zero-order valence-electron chi connectivity index (χ0n) is 14.2. The van der Waals surface area contributed by atoms with Crippen molar-refractivity contribution in [1.82, 2.24) is 9.80 Å². The fraction of sp³-hybridized carbons (Fsp3) is 0.882. The molecular formula is C17H30N2O3. The Morgan fingerprint density at radius 1 is 1.27 bits per heavy atom. The SMILES string of the molecule is CO[C@@H]1CCCN(C(=O)[C@@H](CC(C)C)N2CCCCC2=O)C1. The zero-order chi connectivity index (χ0) is 16.1. The van der Waals surface area contributed by atoms with E-state index in [9.17, 15) is 9.59 Å². The van der Waals surface area contributed by atoms with Crippen LogP contribution in [0.2, 0.25) is 0 Å². The van der Waals surface area contributed by atoms with Crippen LogP contribution in [0.25, 0.3) is 0 Å². The van der Waals surface area contributed by atoms with Gasteiger partial charge >= 0.3 is 0 Å². The first-order chi connectivity index (χ1) is 10.5. The largest absolute Gasteiger partial charge is 0.380 e. The summed E-state index contributed by atoms with van der Waals surface area (Å²) in [7, 11) is 1.71. The summed E-state index contributed by atoms with van der Waals surface area (Å²) in [6, 6.07) is -0.289. The molecule has 0 spiro atoms. The molecule has 0 aliphatic carbocycles. The van der Waals surface area contributed by atoms with Gasteiger partial charge < -0.3 is 14.5 Å². The van der Waals surface area contributed by atoms with E-state index in [-0.39, 0.29) is 24.0 Å². The van der Waals surface area contributed by atoms with Crippen LogP contribution in [0.1, 0.15) is 52.4 Å². The van der Waals surface area contributed by atoms with Gasteiger partial charge in [0, 0.05) is 33.2 Å². The number of likely N-dealkylation sites (tertiary alicyclic amines) is 2. The van der Waals surface area contributed by atoms with Gasteiger partial charge in [-0.1, -0.05) is 13.8 Å². The van der Waals surface area contributed by atoms with Gasteiger partial charge in [-0.15, -0.1) is 0 Å². The maximum atomic E-state index is 13.0. The van der Waals surface area contributed by atoms with Gasteiger partial charge in [0.15, 0.2) is 0 Å². The molecule has 2 heterocycles. The normalized spacial score (nSPS) is 24.7. The summed E-state index contributed by atoms with van der Waals surface area (Å²) in [6.07, 6.45) is 5.42. The van der Waals surface area contributed by atoms with E-state index in [4.69, 9.17) is 4.74 Å². The van der Waals surface area contributed by atoms with Gasteiger partial charge in [0.05, 0.1) is 6.10 Å². The van der Waals surface area contributed by atoms with Crippen LogP contribution >= 0.6 is 0 Å². The Balaban J connectivity index is 2.09. The number of piperidine rings is 2. The topological polar surface area (TPSA) is 49.9 Å². The van der Waals surface area contributed by atoms with E-state index in [1.54, 1.807) is 7.11 Å². The fourth-order valence-electron chi connectivity index (χ4n) is 3.51. The predicted molar refractivity (Wildman–Crippen MR) is 85.4 cm³/mol. The van der Waals surface area contributed by atoms with Crippen LogP contribution in [0.15, 0.2) is 0 Å². The van der Waals surface area contributed by atoms with Crippen molar-refractivity contribution in [2.24, 2.45) is 5.92 Å². The molecule has 0 aromatic heterocycles. The van der Waals surface area contributed by atoms with E-state index >= 15 is 0 Å². The Bertz CT molecular complexity index is 397. The van der Waals surface area contributed by atoms with Crippen molar-refractivity contribution in [3.63, 3.8) is 0 Å². The van der Waals surface area contributed by atoms with Crippen molar-refractivity contribution >= 4 is 11.8 Å². The second-order valence-electron chi connectivity index (χ2n) is 6.97. The minimum Gasteiger partial charge on any atom is -0.380 e. The van der Waals surface area contributed by atoms with E-state index in [1.165, 1.54) is 0 Å². The molecule has 5 heteroatoms. The molecule has 0 radical (unpaired) electrons. The molecule has 2 rings (SSSR count). The van der Waals surface area contributed by atoms with Gasteiger partial charge in [0.25, 0.3) is 0 Å². The van der Waals surface area contributed by atoms with Crippen molar-refractivity contribution in [2.45, 2.75) is 64.5 Å². The Hall–Kier alpha value is -1.10. The van der Waals surface area contributed by atoms with Crippen LogP contribution in [-0.2, 0) is 14.3 Å². The number of nitrogens with zero attached hydrogens (tertiary/aromatic N) is 2. The molecule has 0 aromatic rings. The van der Waals surface area contributed by atoms with Gasteiger partial charge in [0.1, 0.15) is 6.04 Å². The maximum absolute atomic E-state index is 13.0. The molecule has 2 aliphatic rings. The minimum absolute atomic E-state index is 0.116. The van der Waals surface area contributed by atoms with Gasteiger partial charge in [-0.25, -0.2) is 0 Å². The average molecular weight is 310 g/mol. The molecule has 0 aromatic carbocycles. The van der Waals surface area contributed by atoms with E-state index in [1.807, 2.05) is 9.80 Å². The molecule has 2 atom stereocenters. The molecule has 0 bridgehead atoms. The summed E-state index contributed by atoms with van der Waals surface area (Å²) in [4.78, 5) is 29.0. The maximum Gasteiger partial charge on any atom is 0.245 e. The molecule has 0 N–H and O–H groups in total. The summed E-state index contributed by atoms with van der Waals surface area (Å²) < 4.78 is 5.42. The molecule has 22 heavy (non-hydrogen) atoms. The number of amides is 2. The van der Waals surface area contributed by atoms with Crippen LogP contribution in [0.3, 0.4) is 0 Å². The van der Waals surface area contributed by atoms with Crippen LogP contribution in [0.5, 0.6) is 0 Å². The monoisotopic (exact) mass is 310 g/mol. The number of hydrogen-bond donors (Lipinski definition) is 0. The smallest absolute Gasteiger partial charge is 0.245 e. The number of ether oxygens (including phenoxy) is 1. The molecule has 2 aliphatic heterocycles. The van der Waals surface area contributed by atoms with Gasteiger partial charge in [-0.2, -0.15) is 0 Å². The third-order valence-corrected chi connectivity index (χ3v) is 4.74. The Labute approximate surface area is 134 Å². The van der Waals surface area contributed by atoms with E-state index in [0.717, 1.165) is 45.2 Å². The van der Waals surface area contributed by atoms with E-state index in [0.29, 0.717) is 18.9 Å². The van der Waals surface area contributed by atoms with Gasteiger partial charge in [-0.05, 0) is 38.0 Å². The molecule has 2 amide bonds. The lowest BCUT2D eigenvalue weighted by Gasteiger charge is -2.40. The summed E-state index contributed by atoms with van der Waals surface area (Å²) >= 11 is 0. The van der Waals surface area contributed by atoms with Crippen LogP contribution < -0.4 is 0 Å². The number of methoxy groups -OCH3 is 1. The highest BCUT2D eigenvalue weighted by atomic mass is 16.5. The highest BCUT2D eigenvalue weighted by Crippen LogP contribution is 2.22. The predicted octanol–water partition coefficient (Wildman–Crippen LogP) is 2.05. The van der Waals surface area contributed by atoms with Crippen LogP contribution in [0, 0.1) is 5.92 Å². The number of carbonyl (C=O) groups excluding carboxylic acids is 2. The standard InChI is InChI=1S/C17H30N2O3/c1-13(2)11-15(19-10-5-4-8-16(19)20)17(21)18-9-6-7-14(12-18)22-3/h13-15H,4-12H2,1-3H3/t14-,15-/m1/s1. The number of rotatable bonds is 5. The molecule has 5 nitrogen and oxygen atoms in total. The third-order valence-electron chi connectivity index (χ3n) is 4.74. The van der Waals surface area contributed by atoms with Gasteiger partial charge in [-0.3, -0.25) is 9.59 Å². The van der Waals surface area contributed by atoms with Crippen molar-refractivity contribution in [3.8, 4) is 0 Å². The van der Waals surface area contributed by atoms with Crippen molar-refractivity contribution < 1.29 is 14.3 Å². The van der Waals surface area contributed by atoms with Crippen LogP contribution in [0.4, 0.5) is 0 Å². The van der Waals surface area contributed by atoms with E-state index in [2.05, 4.69) is 13.8 Å². The summed E-state index contributed by atoms with van der Waals surface area (Å²) in [5.41, 5.74) is 0. The number of carbonyl (C=O) groups is 2. The summed E-state index contributed by atoms with van der Waals surface area (Å²) in [5, 5.41) is 0. The molecular weight excluding hydrogens is 280 g/mol. The quantitative estimate of drug-likeness (QED) is 0.781. The summed E-state index contributed by atoms with van der Waals surface area (Å²) in [6.45, 7) is 6.40. The zero-order valence-corrected chi connectivity index (χ0v) is 14.2. The highest BCUT2D eigenvalue weighted by molar-refractivity contribution is 5.88. The minimum atomic E-state index is -0.289. The van der Waals surface area contributed by atoms with Crippen molar-refractivity contribution in [3.05, 3.63) is 0 Å². The molecule has 0 unspecified atom stereocenters. The molecule has 2 saturated heterocycles. The lowest BCUT2D eigenvalue weighted by molar-refractivity contribution is -0.150. The van der Waals surface area contributed by atoms with Gasteiger partial charge in [0.2, 0.25) is 11.8 Å². The molecule has 126 valence electrons. The first-order valence-corrected chi connectivity index (χ1v) is 8.64. The Kier molecular flexibility index (Phi) is 6.24. The summed E-state index contributed by atoms with van der Waals surface area (Å²) in [5.74, 6) is 0.656. The van der Waals surface area contributed by atoms with Crippen LogP contribution in [-0.4, -0.2) is 60.5 Å².